The molecule has 0 saturated carbocycles. The van der Waals surface area contributed by atoms with Crippen LogP contribution >= 0.6 is 0 Å². The van der Waals surface area contributed by atoms with Crippen LogP contribution in [0, 0.1) is 10.8 Å². The van der Waals surface area contributed by atoms with Crippen LogP contribution in [0.1, 0.15) is 86.6 Å². The van der Waals surface area contributed by atoms with Crippen molar-refractivity contribution in [1.29, 1.82) is 0 Å². The van der Waals surface area contributed by atoms with Crippen LogP contribution in [0.2, 0.25) is 0 Å². The van der Waals surface area contributed by atoms with Crippen molar-refractivity contribution in [1.82, 2.24) is 0 Å². The standard InChI is InChI=1S/C28H43NO9/c1-9-10-11-14-35-25(34)36-18(2)16-28(29,22(30)31)17-19-12-13-20(37-23(32)26(3,4)5)21(15-19)38-24(33)27(6,7)8/h12-13,15,18H,9-11,14,16-17,29H2,1-8H3,(H,30,31)/t18-,28?/m0/s1. The summed E-state index contributed by atoms with van der Waals surface area (Å²) < 4.78 is 21.2. The molecule has 0 aliphatic rings. The fraction of sp³-hybridized carbons (Fsp3) is 0.643. The van der Waals surface area contributed by atoms with Gasteiger partial charge in [-0.2, -0.15) is 0 Å². The maximum Gasteiger partial charge on any atom is 0.508 e. The summed E-state index contributed by atoms with van der Waals surface area (Å²) in [4.78, 5) is 49.1. The molecule has 0 spiro atoms. The average Bonchev–Trinajstić information content (AvgIpc) is 2.76. The van der Waals surface area contributed by atoms with Gasteiger partial charge >= 0.3 is 24.1 Å². The van der Waals surface area contributed by atoms with Crippen LogP contribution in [0.4, 0.5) is 4.79 Å². The van der Waals surface area contributed by atoms with E-state index in [1.54, 1.807) is 41.5 Å². The molecule has 0 saturated heterocycles. The molecule has 2 atom stereocenters. The molecule has 0 heterocycles. The predicted octanol–water partition coefficient (Wildman–Crippen LogP) is 5.04. The second kappa shape index (κ2) is 13.6. The molecule has 0 fully saturated rings. The van der Waals surface area contributed by atoms with Crippen molar-refractivity contribution >= 4 is 24.1 Å². The first-order chi connectivity index (χ1) is 17.4. The predicted molar refractivity (Wildman–Crippen MR) is 141 cm³/mol. The summed E-state index contributed by atoms with van der Waals surface area (Å²) in [5.74, 6) is -2.43. The third kappa shape index (κ3) is 10.7. The van der Waals surface area contributed by atoms with E-state index in [0.717, 1.165) is 12.8 Å². The van der Waals surface area contributed by atoms with Gasteiger partial charge in [0.25, 0.3) is 0 Å². The van der Waals surface area contributed by atoms with E-state index in [-0.39, 0.29) is 30.9 Å². The minimum Gasteiger partial charge on any atom is -0.480 e. The number of hydrogen-bond donors (Lipinski definition) is 2. The van der Waals surface area contributed by atoms with Gasteiger partial charge < -0.3 is 29.8 Å². The number of nitrogens with two attached hydrogens (primary N) is 1. The molecule has 38 heavy (non-hydrogen) atoms. The average molecular weight is 538 g/mol. The van der Waals surface area contributed by atoms with Gasteiger partial charge in [-0.25, -0.2) is 4.79 Å². The Labute approximate surface area is 225 Å². The molecule has 0 aromatic heterocycles. The van der Waals surface area contributed by atoms with Crippen LogP contribution in [-0.4, -0.2) is 47.4 Å². The number of ether oxygens (including phenoxy) is 4. The van der Waals surface area contributed by atoms with E-state index in [2.05, 4.69) is 0 Å². The molecule has 10 heteroatoms. The molecule has 0 bridgehead atoms. The molecule has 1 aromatic carbocycles. The van der Waals surface area contributed by atoms with Gasteiger partial charge in [0.05, 0.1) is 17.4 Å². The van der Waals surface area contributed by atoms with Gasteiger partial charge in [0.2, 0.25) is 0 Å². The van der Waals surface area contributed by atoms with E-state index in [0.29, 0.717) is 12.0 Å². The Morgan fingerprint density at radius 1 is 0.921 bits per heavy atom. The van der Waals surface area contributed by atoms with E-state index in [1.165, 1.54) is 25.1 Å². The summed E-state index contributed by atoms with van der Waals surface area (Å²) in [6, 6.07) is 4.39. The molecule has 3 N–H and O–H groups in total. The molecule has 10 nitrogen and oxygen atoms in total. The highest BCUT2D eigenvalue weighted by Crippen LogP contribution is 2.34. The van der Waals surface area contributed by atoms with Crippen LogP contribution in [0.5, 0.6) is 11.5 Å². The third-order valence-corrected chi connectivity index (χ3v) is 5.50. The molecule has 0 amide bonds. The number of carbonyl (C=O) groups excluding carboxylic acids is 3. The van der Waals surface area contributed by atoms with Gasteiger partial charge in [-0.1, -0.05) is 25.8 Å². The van der Waals surface area contributed by atoms with Crippen LogP contribution in [-0.2, 0) is 30.3 Å². The van der Waals surface area contributed by atoms with Gasteiger partial charge in [-0.15, -0.1) is 0 Å². The molecule has 0 aliphatic carbocycles. The lowest BCUT2D eigenvalue weighted by molar-refractivity contribution is -0.145. The van der Waals surface area contributed by atoms with Crippen molar-refractivity contribution in [2.75, 3.05) is 6.61 Å². The number of carboxylic acids is 1. The first kappa shape index (κ1) is 32.9. The van der Waals surface area contributed by atoms with Gasteiger partial charge in [-0.05, 0) is 72.6 Å². The number of carboxylic acid groups (broad SMARTS) is 1. The topological polar surface area (TPSA) is 151 Å². The fourth-order valence-electron chi connectivity index (χ4n) is 3.19. The Morgan fingerprint density at radius 2 is 1.47 bits per heavy atom. The number of unbranched alkanes of at least 4 members (excludes halogenated alkanes) is 2. The molecular weight excluding hydrogens is 494 g/mol. The number of aliphatic carboxylic acids is 1. The second-order valence-electron chi connectivity index (χ2n) is 11.6. The SMILES string of the molecule is CCCCCOC(=O)O[C@@H](C)CC(N)(Cc1ccc(OC(=O)C(C)(C)C)c(OC(=O)C(C)(C)C)c1)C(=O)O. The molecule has 1 unspecified atom stereocenters. The van der Waals surface area contributed by atoms with Gasteiger partial charge in [0, 0.05) is 12.8 Å². The number of rotatable bonds is 12. The largest absolute Gasteiger partial charge is 0.508 e. The normalized spacial score (nSPS) is 14.1. The Balaban J connectivity index is 3.15. The zero-order chi connectivity index (χ0) is 29.3. The van der Waals surface area contributed by atoms with Gasteiger partial charge in [-0.3, -0.25) is 14.4 Å². The maximum absolute atomic E-state index is 12.6. The van der Waals surface area contributed by atoms with E-state index in [4.69, 9.17) is 24.7 Å². The maximum atomic E-state index is 12.6. The minimum atomic E-state index is -1.82. The molecule has 1 aromatic rings. The lowest BCUT2D eigenvalue weighted by Gasteiger charge is -2.28. The van der Waals surface area contributed by atoms with Crippen molar-refractivity contribution in [3.63, 3.8) is 0 Å². The molecule has 214 valence electrons. The molecular formula is C28H43NO9. The second-order valence-corrected chi connectivity index (χ2v) is 11.6. The number of esters is 2. The quantitative estimate of drug-likeness (QED) is 0.211. The number of hydrogen-bond acceptors (Lipinski definition) is 9. The Bertz CT molecular complexity index is 991. The van der Waals surface area contributed by atoms with Crippen molar-refractivity contribution in [3.05, 3.63) is 23.8 Å². The Kier molecular flexibility index (Phi) is 11.8. The van der Waals surface area contributed by atoms with Crippen LogP contribution in [0.3, 0.4) is 0 Å². The summed E-state index contributed by atoms with van der Waals surface area (Å²) in [6.07, 6.45) is 0.469. The van der Waals surface area contributed by atoms with Crippen molar-refractivity contribution in [2.24, 2.45) is 16.6 Å². The summed E-state index contributed by atoms with van der Waals surface area (Å²) in [6.45, 7) is 13.8. The van der Waals surface area contributed by atoms with Crippen LogP contribution < -0.4 is 15.2 Å². The highest BCUT2D eigenvalue weighted by atomic mass is 16.7. The highest BCUT2D eigenvalue weighted by Gasteiger charge is 2.38. The third-order valence-electron chi connectivity index (χ3n) is 5.50. The molecule has 1 rings (SSSR count). The first-order valence-electron chi connectivity index (χ1n) is 12.8. The summed E-state index contributed by atoms with van der Waals surface area (Å²) in [7, 11) is 0. The lowest BCUT2D eigenvalue weighted by Crippen LogP contribution is -2.52. The van der Waals surface area contributed by atoms with Gasteiger partial charge in [0.1, 0.15) is 11.6 Å². The van der Waals surface area contributed by atoms with Crippen molar-refractivity contribution < 1.29 is 43.2 Å². The van der Waals surface area contributed by atoms with E-state index in [1.807, 2.05) is 6.92 Å². The Morgan fingerprint density at radius 3 is 1.97 bits per heavy atom. The monoisotopic (exact) mass is 537 g/mol. The number of carbonyl (C=O) groups is 4. The summed E-state index contributed by atoms with van der Waals surface area (Å²) in [5.41, 5.74) is 3.19. The number of benzene rings is 1. The van der Waals surface area contributed by atoms with E-state index < -0.39 is 46.5 Å². The smallest absolute Gasteiger partial charge is 0.480 e. The zero-order valence-corrected chi connectivity index (χ0v) is 23.8. The minimum absolute atomic E-state index is 0.0201. The lowest BCUT2D eigenvalue weighted by atomic mass is 9.86. The van der Waals surface area contributed by atoms with Crippen molar-refractivity contribution in [2.45, 2.75) is 99.1 Å². The first-order valence-corrected chi connectivity index (χ1v) is 12.8. The zero-order valence-electron chi connectivity index (χ0n) is 23.8. The van der Waals surface area contributed by atoms with Crippen molar-refractivity contribution in [3.8, 4) is 11.5 Å². The summed E-state index contributed by atoms with van der Waals surface area (Å²) in [5, 5.41) is 9.91. The molecule has 0 radical (unpaired) electrons. The Hall–Kier alpha value is -3.14. The highest BCUT2D eigenvalue weighted by molar-refractivity contribution is 5.82. The van der Waals surface area contributed by atoms with Crippen LogP contribution in [0.25, 0.3) is 0 Å². The molecule has 0 aliphatic heterocycles. The van der Waals surface area contributed by atoms with Crippen LogP contribution in [0.15, 0.2) is 18.2 Å². The van der Waals surface area contributed by atoms with E-state index in [9.17, 15) is 24.3 Å². The van der Waals surface area contributed by atoms with E-state index >= 15 is 0 Å². The van der Waals surface area contributed by atoms with Gasteiger partial charge in [0.15, 0.2) is 11.5 Å². The summed E-state index contributed by atoms with van der Waals surface area (Å²) >= 11 is 0. The fourth-order valence-corrected chi connectivity index (χ4v) is 3.19.